The topological polar surface area (TPSA) is 75.1 Å². The Morgan fingerprint density at radius 2 is 2.05 bits per heavy atom. The smallest absolute Gasteiger partial charge is 0.329 e. The number of carboxylic acids is 1. The number of aliphatic carboxylic acids is 1. The van der Waals surface area contributed by atoms with Crippen molar-refractivity contribution < 1.29 is 9.90 Å². The second kappa shape index (κ2) is 5.75. The lowest BCUT2D eigenvalue weighted by Crippen LogP contribution is -2.45. The van der Waals surface area contributed by atoms with Gasteiger partial charge in [0.25, 0.3) is 0 Å². The van der Waals surface area contributed by atoms with E-state index in [1.54, 1.807) is 11.3 Å². The van der Waals surface area contributed by atoms with Gasteiger partial charge in [0.15, 0.2) is 0 Å². The molecular weight excluding hydrogens is 274 g/mol. The minimum absolute atomic E-state index is 0.495. The van der Waals surface area contributed by atoms with Gasteiger partial charge in [-0.1, -0.05) is 20.8 Å². The van der Waals surface area contributed by atoms with Gasteiger partial charge in [-0.05, 0) is 25.3 Å². The van der Waals surface area contributed by atoms with Gasteiger partial charge in [0.2, 0.25) is 0 Å². The first-order chi connectivity index (χ1) is 9.56. The standard InChI is InChI=1S/C14H19N3O2S/c1-4-9-7-10-11(15-8-16-12(10)20-9)17-14(5-2,6-3)13(18)19/h7-8H,4-6H2,1-3H3,(H,18,19)(H,15,16,17). The number of nitrogens with zero attached hydrogens (tertiary/aromatic N) is 2. The van der Waals surface area contributed by atoms with Gasteiger partial charge in [-0.15, -0.1) is 11.3 Å². The summed E-state index contributed by atoms with van der Waals surface area (Å²) in [6, 6.07) is 2.04. The molecule has 0 spiro atoms. The summed E-state index contributed by atoms with van der Waals surface area (Å²) in [7, 11) is 0. The molecule has 2 aromatic heterocycles. The van der Waals surface area contributed by atoms with E-state index in [4.69, 9.17) is 0 Å². The molecule has 0 amide bonds. The molecule has 0 fully saturated rings. The minimum Gasteiger partial charge on any atom is -0.480 e. The molecule has 0 aliphatic heterocycles. The predicted octanol–water partition coefficient (Wildman–Crippen LogP) is 3.31. The van der Waals surface area contributed by atoms with Crippen LogP contribution in [0.25, 0.3) is 10.2 Å². The lowest BCUT2D eigenvalue weighted by molar-refractivity contribution is -0.142. The molecule has 2 rings (SSSR count). The maximum absolute atomic E-state index is 11.6. The van der Waals surface area contributed by atoms with Crippen molar-refractivity contribution in [3.8, 4) is 0 Å². The van der Waals surface area contributed by atoms with E-state index in [2.05, 4.69) is 22.2 Å². The summed E-state index contributed by atoms with van der Waals surface area (Å²) in [6.45, 7) is 5.83. The van der Waals surface area contributed by atoms with Crippen LogP contribution in [-0.4, -0.2) is 26.6 Å². The summed E-state index contributed by atoms with van der Waals surface area (Å²) in [4.78, 5) is 22.2. The molecule has 5 nitrogen and oxygen atoms in total. The average molecular weight is 293 g/mol. The highest BCUT2D eigenvalue weighted by molar-refractivity contribution is 7.18. The fourth-order valence-electron chi connectivity index (χ4n) is 2.19. The number of carbonyl (C=O) groups is 1. The molecule has 2 heterocycles. The van der Waals surface area contributed by atoms with Crippen LogP contribution in [0.4, 0.5) is 5.82 Å². The van der Waals surface area contributed by atoms with Crippen molar-refractivity contribution >= 4 is 33.3 Å². The second-order valence-corrected chi connectivity index (χ2v) is 5.84. The van der Waals surface area contributed by atoms with Crippen LogP contribution >= 0.6 is 11.3 Å². The number of aryl methyl sites for hydroxylation is 1. The number of aromatic nitrogens is 2. The highest BCUT2D eigenvalue weighted by Gasteiger charge is 2.35. The molecule has 0 saturated carbocycles. The fraction of sp³-hybridized carbons (Fsp3) is 0.500. The van der Waals surface area contributed by atoms with Crippen molar-refractivity contribution in [3.05, 3.63) is 17.3 Å². The van der Waals surface area contributed by atoms with Crippen molar-refractivity contribution in [2.45, 2.75) is 45.6 Å². The van der Waals surface area contributed by atoms with Crippen LogP contribution in [0.3, 0.4) is 0 Å². The first-order valence-electron chi connectivity index (χ1n) is 6.81. The van der Waals surface area contributed by atoms with E-state index >= 15 is 0 Å². The molecule has 20 heavy (non-hydrogen) atoms. The molecule has 0 radical (unpaired) electrons. The quantitative estimate of drug-likeness (QED) is 0.854. The monoisotopic (exact) mass is 293 g/mol. The number of rotatable bonds is 6. The summed E-state index contributed by atoms with van der Waals surface area (Å²) >= 11 is 1.62. The Labute approximate surface area is 122 Å². The zero-order chi connectivity index (χ0) is 14.8. The van der Waals surface area contributed by atoms with Crippen molar-refractivity contribution in [1.82, 2.24) is 9.97 Å². The van der Waals surface area contributed by atoms with Crippen molar-refractivity contribution in [2.24, 2.45) is 0 Å². The molecule has 2 N–H and O–H groups in total. The van der Waals surface area contributed by atoms with E-state index < -0.39 is 11.5 Å². The molecule has 0 aliphatic rings. The lowest BCUT2D eigenvalue weighted by Gasteiger charge is -2.28. The fourth-order valence-corrected chi connectivity index (χ4v) is 3.12. The van der Waals surface area contributed by atoms with Crippen LogP contribution in [-0.2, 0) is 11.2 Å². The van der Waals surface area contributed by atoms with Crippen LogP contribution in [0.2, 0.25) is 0 Å². The van der Waals surface area contributed by atoms with Gasteiger partial charge in [0, 0.05) is 4.88 Å². The number of carboxylic acid groups (broad SMARTS) is 1. The summed E-state index contributed by atoms with van der Waals surface area (Å²) in [5.41, 5.74) is -0.977. The van der Waals surface area contributed by atoms with E-state index in [-0.39, 0.29) is 0 Å². The highest BCUT2D eigenvalue weighted by Crippen LogP contribution is 2.31. The third-order valence-electron chi connectivity index (χ3n) is 3.70. The van der Waals surface area contributed by atoms with E-state index in [1.807, 2.05) is 19.9 Å². The summed E-state index contributed by atoms with van der Waals surface area (Å²) in [5.74, 6) is -0.239. The van der Waals surface area contributed by atoms with Crippen molar-refractivity contribution in [1.29, 1.82) is 0 Å². The third kappa shape index (κ3) is 2.47. The first-order valence-corrected chi connectivity index (χ1v) is 7.63. The number of hydrogen-bond acceptors (Lipinski definition) is 5. The van der Waals surface area contributed by atoms with Gasteiger partial charge in [-0.3, -0.25) is 0 Å². The Balaban J connectivity index is 2.47. The lowest BCUT2D eigenvalue weighted by atomic mass is 9.93. The largest absolute Gasteiger partial charge is 0.480 e. The number of thiophene rings is 1. The number of anilines is 1. The Hall–Kier alpha value is -1.69. The molecule has 0 unspecified atom stereocenters. The number of fused-ring (bicyclic) bond motifs is 1. The Kier molecular flexibility index (Phi) is 4.23. The van der Waals surface area contributed by atoms with Gasteiger partial charge in [-0.2, -0.15) is 0 Å². The van der Waals surface area contributed by atoms with Crippen molar-refractivity contribution in [3.63, 3.8) is 0 Å². The maximum atomic E-state index is 11.6. The maximum Gasteiger partial charge on any atom is 0.329 e. The average Bonchev–Trinajstić information content (AvgIpc) is 2.88. The minimum atomic E-state index is -0.977. The summed E-state index contributed by atoms with van der Waals surface area (Å²) in [6.07, 6.45) is 3.41. The van der Waals surface area contributed by atoms with Gasteiger partial charge in [-0.25, -0.2) is 14.8 Å². The van der Waals surface area contributed by atoms with Gasteiger partial charge in [0.05, 0.1) is 5.39 Å². The van der Waals surface area contributed by atoms with Crippen molar-refractivity contribution in [2.75, 3.05) is 5.32 Å². The van der Waals surface area contributed by atoms with Crippen LogP contribution in [0.15, 0.2) is 12.4 Å². The summed E-state index contributed by atoms with van der Waals surface area (Å²) in [5, 5.41) is 13.5. The Bertz CT molecular complexity index is 620. The van der Waals surface area contributed by atoms with E-state index in [1.165, 1.54) is 11.2 Å². The highest BCUT2D eigenvalue weighted by atomic mass is 32.1. The molecule has 2 aromatic rings. The molecule has 108 valence electrons. The van der Waals surface area contributed by atoms with Crippen LogP contribution in [0, 0.1) is 0 Å². The molecule has 6 heteroatoms. The predicted molar refractivity (Wildman–Crippen MR) is 81.4 cm³/mol. The summed E-state index contributed by atoms with van der Waals surface area (Å²) < 4.78 is 0. The molecule has 0 aromatic carbocycles. The SMILES string of the molecule is CCc1cc2c(NC(CC)(CC)C(=O)O)ncnc2s1. The first kappa shape index (κ1) is 14.7. The van der Waals surface area contributed by atoms with Gasteiger partial charge < -0.3 is 10.4 Å². The Morgan fingerprint density at radius 1 is 1.35 bits per heavy atom. The molecule has 0 atom stereocenters. The molecular formula is C14H19N3O2S. The number of hydrogen-bond donors (Lipinski definition) is 2. The Morgan fingerprint density at radius 3 is 2.60 bits per heavy atom. The number of nitrogens with one attached hydrogen (secondary N) is 1. The molecule has 0 aliphatic carbocycles. The third-order valence-corrected chi connectivity index (χ3v) is 4.89. The normalized spacial score (nSPS) is 11.8. The van der Waals surface area contributed by atoms with E-state index in [0.717, 1.165) is 16.6 Å². The second-order valence-electron chi connectivity index (χ2n) is 4.73. The van der Waals surface area contributed by atoms with Crippen LogP contribution < -0.4 is 5.32 Å². The van der Waals surface area contributed by atoms with E-state index in [9.17, 15) is 9.90 Å². The van der Waals surface area contributed by atoms with Gasteiger partial charge in [0.1, 0.15) is 22.5 Å². The molecule has 0 saturated heterocycles. The van der Waals surface area contributed by atoms with Gasteiger partial charge >= 0.3 is 5.97 Å². The van der Waals surface area contributed by atoms with Crippen LogP contribution in [0.5, 0.6) is 0 Å². The zero-order valence-electron chi connectivity index (χ0n) is 11.9. The molecule has 0 bridgehead atoms. The van der Waals surface area contributed by atoms with Crippen LogP contribution in [0.1, 0.15) is 38.5 Å². The zero-order valence-corrected chi connectivity index (χ0v) is 12.8. The van der Waals surface area contributed by atoms with E-state index in [0.29, 0.717) is 18.7 Å².